The van der Waals surface area contributed by atoms with Gasteiger partial charge < -0.3 is 18.7 Å². The molecule has 0 radical (unpaired) electrons. The van der Waals surface area contributed by atoms with E-state index in [1.807, 2.05) is 13.0 Å². The molecule has 32 heavy (non-hydrogen) atoms. The van der Waals surface area contributed by atoms with Crippen LogP contribution in [0.15, 0.2) is 39.2 Å². The highest BCUT2D eigenvalue weighted by molar-refractivity contribution is 7.93. The number of hydrogen-bond donors (Lipinski definition) is 1. The topological polar surface area (TPSA) is 113 Å². The Labute approximate surface area is 188 Å². The molecule has 0 spiro atoms. The van der Waals surface area contributed by atoms with Crippen molar-refractivity contribution in [2.75, 3.05) is 25.5 Å². The third-order valence-electron chi connectivity index (χ3n) is 5.29. The van der Waals surface area contributed by atoms with Gasteiger partial charge in [0.1, 0.15) is 22.6 Å². The van der Waals surface area contributed by atoms with Crippen LogP contribution in [0.2, 0.25) is 0 Å². The number of thiazole rings is 1. The first kappa shape index (κ1) is 20.6. The van der Waals surface area contributed by atoms with E-state index in [9.17, 15) is 8.42 Å². The lowest BCUT2D eigenvalue weighted by Crippen LogP contribution is -2.15. The Morgan fingerprint density at radius 1 is 1.19 bits per heavy atom. The molecule has 166 valence electrons. The van der Waals surface area contributed by atoms with Gasteiger partial charge in [0.2, 0.25) is 0 Å². The molecule has 0 fully saturated rings. The van der Waals surface area contributed by atoms with Gasteiger partial charge in [0.05, 0.1) is 36.9 Å². The van der Waals surface area contributed by atoms with Crippen LogP contribution in [0.3, 0.4) is 0 Å². The molecular formula is C21H19N3O6S2. The van der Waals surface area contributed by atoms with Crippen LogP contribution in [0.1, 0.15) is 11.3 Å². The molecule has 11 heteroatoms. The number of sulfonamides is 1. The number of anilines is 1. The van der Waals surface area contributed by atoms with Crippen molar-refractivity contribution < 1.29 is 27.2 Å². The van der Waals surface area contributed by atoms with E-state index in [-0.39, 0.29) is 22.2 Å². The quantitative estimate of drug-likeness (QED) is 0.447. The van der Waals surface area contributed by atoms with E-state index in [1.54, 1.807) is 23.7 Å². The molecule has 1 aliphatic heterocycles. The van der Waals surface area contributed by atoms with Crippen molar-refractivity contribution in [1.29, 1.82) is 0 Å². The minimum absolute atomic E-state index is 0.0404. The Morgan fingerprint density at radius 3 is 2.59 bits per heavy atom. The first-order valence-corrected chi connectivity index (χ1v) is 12.0. The molecule has 0 saturated carbocycles. The molecule has 0 atom stereocenters. The molecule has 1 N–H and O–H groups in total. The molecule has 1 aliphatic rings. The van der Waals surface area contributed by atoms with E-state index in [4.69, 9.17) is 18.7 Å². The van der Waals surface area contributed by atoms with Crippen molar-refractivity contribution in [3.05, 3.63) is 41.0 Å². The number of aryl methyl sites for hydroxylation is 1. The van der Waals surface area contributed by atoms with E-state index >= 15 is 0 Å². The van der Waals surface area contributed by atoms with Crippen LogP contribution in [-0.4, -0.2) is 39.4 Å². The van der Waals surface area contributed by atoms with E-state index in [0.717, 1.165) is 21.7 Å². The molecule has 0 unspecified atom stereocenters. The molecular weight excluding hydrogens is 454 g/mol. The SMILES string of the molecule is COc1cccc(OC)c1S(=O)(=O)Nc1noc2cc(-c3scnc3C)c3c(c12)OCC3. The number of fused-ring (bicyclic) bond motifs is 3. The number of ether oxygens (including phenoxy) is 3. The smallest absolute Gasteiger partial charge is 0.270 e. The van der Waals surface area contributed by atoms with Crippen molar-refractivity contribution in [3.8, 4) is 27.7 Å². The number of aromatic nitrogens is 2. The molecule has 0 amide bonds. The predicted molar refractivity (Wildman–Crippen MR) is 119 cm³/mol. The van der Waals surface area contributed by atoms with Gasteiger partial charge in [-0.05, 0) is 25.1 Å². The van der Waals surface area contributed by atoms with E-state index in [2.05, 4.69) is 14.9 Å². The second kappa shape index (κ2) is 7.68. The summed E-state index contributed by atoms with van der Waals surface area (Å²) in [5, 5.41) is 4.47. The van der Waals surface area contributed by atoms with Crippen molar-refractivity contribution in [3.63, 3.8) is 0 Å². The average molecular weight is 474 g/mol. The summed E-state index contributed by atoms with van der Waals surface area (Å²) in [5.41, 5.74) is 5.05. The van der Waals surface area contributed by atoms with Crippen molar-refractivity contribution in [2.45, 2.75) is 18.2 Å². The molecule has 4 aromatic rings. The lowest BCUT2D eigenvalue weighted by Gasteiger charge is -2.14. The summed E-state index contributed by atoms with van der Waals surface area (Å²) in [4.78, 5) is 5.22. The molecule has 0 saturated heterocycles. The first-order chi connectivity index (χ1) is 15.4. The van der Waals surface area contributed by atoms with Crippen molar-refractivity contribution in [2.24, 2.45) is 0 Å². The fraction of sp³-hybridized carbons (Fsp3) is 0.238. The number of methoxy groups -OCH3 is 2. The average Bonchev–Trinajstić information content (AvgIpc) is 3.52. The summed E-state index contributed by atoms with van der Waals surface area (Å²) in [6.07, 6.45) is 0.690. The third-order valence-corrected chi connectivity index (χ3v) is 7.65. The Balaban J connectivity index is 1.65. The second-order valence-corrected chi connectivity index (χ2v) is 9.57. The molecule has 0 aliphatic carbocycles. The Kier molecular flexibility index (Phi) is 4.94. The Morgan fingerprint density at radius 2 is 1.94 bits per heavy atom. The summed E-state index contributed by atoms with van der Waals surface area (Å²) < 4.78 is 51.0. The fourth-order valence-corrected chi connectivity index (χ4v) is 6.04. The van der Waals surface area contributed by atoms with Gasteiger partial charge >= 0.3 is 0 Å². The summed E-state index contributed by atoms with van der Waals surface area (Å²) in [6.45, 7) is 2.43. The zero-order valence-corrected chi connectivity index (χ0v) is 19.1. The molecule has 2 aromatic carbocycles. The van der Waals surface area contributed by atoms with Gasteiger partial charge in [-0.3, -0.25) is 4.72 Å². The highest BCUT2D eigenvalue weighted by atomic mass is 32.2. The number of nitrogens with zero attached hydrogens (tertiary/aromatic N) is 2. The lowest BCUT2D eigenvalue weighted by atomic mass is 10.0. The summed E-state index contributed by atoms with van der Waals surface area (Å²) in [5.74, 6) is 0.901. The highest BCUT2D eigenvalue weighted by Crippen LogP contribution is 2.46. The van der Waals surface area contributed by atoms with Gasteiger partial charge in [0, 0.05) is 17.5 Å². The zero-order valence-electron chi connectivity index (χ0n) is 17.5. The van der Waals surface area contributed by atoms with Crippen LogP contribution in [-0.2, 0) is 16.4 Å². The standard InChI is InChI=1S/C21H19N3O6S2/c1-11-19(31-10-22-11)13-9-16-17(18-12(13)7-8-29-18)21(23-30-16)24-32(25,26)20-14(27-2)5-4-6-15(20)28-3/h4-6,9-10H,7-8H2,1-3H3,(H,23,24). The number of hydrogen-bond acceptors (Lipinski definition) is 9. The Bertz CT molecular complexity index is 1420. The minimum Gasteiger partial charge on any atom is -0.495 e. The van der Waals surface area contributed by atoms with E-state index in [0.29, 0.717) is 29.7 Å². The van der Waals surface area contributed by atoms with Crippen LogP contribution in [0.5, 0.6) is 17.2 Å². The minimum atomic E-state index is -4.12. The summed E-state index contributed by atoms with van der Waals surface area (Å²) >= 11 is 1.53. The first-order valence-electron chi connectivity index (χ1n) is 9.67. The molecule has 5 rings (SSSR count). The van der Waals surface area contributed by atoms with Gasteiger partial charge in [0.15, 0.2) is 16.3 Å². The molecule has 3 heterocycles. The monoisotopic (exact) mass is 473 g/mol. The largest absolute Gasteiger partial charge is 0.495 e. The van der Waals surface area contributed by atoms with E-state index < -0.39 is 10.0 Å². The second-order valence-electron chi connectivity index (χ2n) is 7.10. The van der Waals surface area contributed by atoms with Crippen LogP contribution in [0.4, 0.5) is 5.82 Å². The summed E-state index contributed by atoms with van der Waals surface area (Å²) in [7, 11) is -1.34. The molecule has 9 nitrogen and oxygen atoms in total. The maximum atomic E-state index is 13.3. The predicted octanol–water partition coefficient (Wildman–Crippen LogP) is 4.01. The third kappa shape index (κ3) is 3.16. The van der Waals surface area contributed by atoms with Gasteiger partial charge in [-0.2, -0.15) is 0 Å². The number of nitrogens with one attached hydrogen (secondary N) is 1. The number of benzene rings is 2. The van der Waals surface area contributed by atoms with Crippen molar-refractivity contribution in [1.82, 2.24) is 10.1 Å². The maximum Gasteiger partial charge on any atom is 0.270 e. The van der Waals surface area contributed by atoms with E-state index in [1.165, 1.54) is 25.6 Å². The van der Waals surface area contributed by atoms with Crippen LogP contribution in [0.25, 0.3) is 21.4 Å². The maximum absolute atomic E-state index is 13.3. The molecule has 0 bridgehead atoms. The van der Waals surface area contributed by atoms with Gasteiger partial charge in [0.25, 0.3) is 10.0 Å². The van der Waals surface area contributed by atoms with Gasteiger partial charge in [-0.1, -0.05) is 11.2 Å². The van der Waals surface area contributed by atoms with Crippen LogP contribution >= 0.6 is 11.3 Å². The lowest BCUT2D eigenvalue weighted by molar-refractivity contribution is 0.360. The number of rotatable bonds is 6. The Hall–Kier alpha value is -3.31. The normalized spacial score (nSPS) is 13.1. The highest BCUT2D eigenvalue weighted by Gasteiger charge is 2.31. The zero-order chi connectivity index (χ0) is 22.5. The van der Waals surface area contributed by atoms with Crippen LogP contribution < -0.4 is 18.9 Å². The van der Waals surface area contributed by atoms with Crippen molar-refractivity contribution >= 4 is 38.1 Å². The molecule has 2 aromatic heterocycles. The fourth-order valence-electron chi connectivity index (χ4n) is 3.87. The van der Waals surface area contributed by atoms with Gasteiger partial charge in [-0.15, -0.1) is 11.3 Å². The summed E-state index contributed by atoms with van der Waals surface area (Å²) in [6, 6.07) is 6.59. The van der Waals surface area contributed by atoms with Gasteiger partial charge in [-0.25, -0.2) is 13.4 Å². The van der Waals surface area contributed by atoms with Crippen LogP contribution in [0, 0.1) is 6.92 Å².